The maximum Gasteiger partial charge on any atom is 0.317 e. The number of H-pyrrole nitrogens is 1. The molecule has 12 heteroatoms. The summed E-state index contributed by atoms with van der Waals surface area (Å²) in [5.74, 6) is -3.16. The molecule has 10 nitrogen and oxygen atoms in total. The minimum Gasteiger partial charge on any atom is -0.462 e. The average molecular weight is 488 g/mol. The Balaban J connectivity index is 1.56. The molecule has 1 aliphatic heterocycles. The van der Waals surface area contributed by atoms with Gasteiger partial charge in [0.25, 0.3) is 17.4 Å². The van der Waals surface area contributed by atoms with E-state index in [1.54, 1.807) is 49.7 Å². The average Bonchev–Trinajstić information content (AvgIpc) is 3.18. The van der Waals surface area contributed by atoms with Crippen molar-refractivity contribution in [1.29, 1.82) is 0 Å². The van der Waals surface area contributed by atoms with Gasteiger partial charge in [0.15, 0.2) is 0 Å². The quantitative estimate of drug-likeness (QED) is 0.497. The van der Waals surface area contributed by atoms with Crippen molar-refractivity contribution in [3.63, 3.8) is 0 Å². The van der Waals surface area contributed by atoms with Gasteiger partial charge in [-0.05, 0) is 38.5 Å². The Bertz CT molecular complexity index is 1310. The molecule has 0 bridgehead atoms. The number of ether oxygens (including phenoxy) is 1. The number of hydrogen-bond donors (Lipinski definition) is 2. The molecule has 1 saturated heterocycles. The van der Waals surface area contributed by atoms with Crippen molar-refractivity contribution < 1.29 is 18.3 Å². The molecule has 1 amide bonds. The lowest BCUT2D eigenvalue weighted by molar-refractivity contribution is -0.132. The van der Waals surface area contributed by atoms with Crippen LogP contribution in [0.3, 0.4) is 0 Å². The zero-order valence-electron chi connectivity index (χ0n) is 20.0. The molecule has 1 fully saturated rings. The Hall–Kier alpha value is -3.67. The highest BCUT2D eigenvalue weighted by molar-refractivity contribution is 5.95. The first-order valence-corrected chi connectivity index (χ1v) is 11.1. The Morgan fingerprint density at radius 2 is 2.00 bits per heavy atom. The molecule has 0 unspecified atom stereocenters. The summed E-state index contributed by atoms with van der Waals surface area (Å²) in [6.07, 6.45) is 1.60. The lowest BCUT2D eigenvalue weighted by Crippen LogP contribution is -2.57. The number of carbonyl (C=O) groups excluding carboxylic acids is 1. The summed E-state index contributed by atoms with van der Waals surface area (Å²) >= 11 is 0. The van der Waals surface area contributed by atoms with Gasteiger partial charge in [-0.25, -0.2) is 8.78 Å². The molecule has 186 valence electrons. The van der Waals surface area contributed by atoms with Gasteiger partial charge >= 0.3 is 6.01 Å². The standard InChI is InChI=1S/C23H27F2N7O3/c1-13-9-14(2)28-20(33)16(13)10-26-21(34)19-15(3)18(17-5-6-27-31(17)4)29-22(30-19)35-8-7-32-11-23(24,25)12-32/h5-6,9H,7-8,10-12H2,1-4H3,(H,26,34)(H,28,33). The molecule has 2 N–H and O–H groups in total. The topological polar surface area (TPSA) is 118 Å². The number of hydrogen-bond acceptors (Lipinski definition) is 7. The highest BCUT2D eigenvalue weighted by atomic mass is 19.3. The first kappa shape index (κ1) is 24.5. The number of rotatable bonds is 8. The third-order valence-electron chi connectivity index (χ3n) is 5.87. The Labute approximate surface area is 200 Å². The normalized spacial score (nSPS) is 15.0. The summed E-state index contributed by atoms with van der Waals surface area (Å²) in [4.78, 5) is 38.4. The Morgan fingerprint density at radius 1 is 1.26 bits per heavy atom. The number of alkyl halides is 2. The third kappa shape index (κ3) is 5.37. The number of aromatic nitrogens is 5. The first-order valence-electron chi connectivity index (χ1n) is 11.1. The van der Waals surface area contributed by atoms with Crippen LogP contribution in [0.2, 0.25) is 0 Å². The van der Waals surface area contributed by atoms with Crippen molar-refractivity contribution >= 4 is 5.91 Å². The van der Waals surface area contributed by atoms with Crippen molar-refractivity contribution in [2.24, 2.45) is 7.05 Å². The minimum atomic E-state index is -2.66. The molecule has 3 aromatic rings. The van der Waals surface area contributed by atoms with Gasteiger partial charge in [0.1, 0.15) is 12.3 Å². The van der Waals surface area contributed by atoms with Crippen LogP contribution in [-0.4, -0.2) is 67.7 Å². The summed E-state index contributed by atoms with van der Waals surface area (Å²) in [5.41, 5.74) is 3.39. The van der Waals surface area contributed by atoms with E-state index >= 15 is 0 Å². The number of nitrogens with zero attached hydrogens (tertiary/aromatic N) is 5. The molecule has 3 aromatic heterocycles. The van der Waals surface area contributed by atoms with E-state index in [4.69, 9.17) is 4.74 Å². The van der Waals surface area contributed by atoms with Crippen LogP contribution >= 0.6 is 0 Å². The Morgan fingerprint density at radius 3 is 2.63 bits per heavy atom. The maximum atomic E-state index is 13.1. The van der Waals surface area contributed by atoms with Crippen LogP contribution in [-0.2, 0) is 13.6 Å². The SMILES string of the molecule is Cc1cc(C)c(CNC(=O)c2nc(OCCN3CC(F)(F)C3)nc(-c3ccnn3C)c2C)c(=O)[nH]1. The fourth-order valence-corrected chi connectivity index (χ4v) is 4.02. The number of carbonyl (C=O) groups is 1. The minimum absolute atomic E-state index is 0.0180. The third-order valence-corrected chi connectivity index (χ3v) is 5.87. The molecule has 35 heavy (non-hydrogen) atoms. The van der Waals surface area contributed by atoms with E-state index in [-0.39, 0.29) is 50.0 Å². The second kappa shape index (κ2) is 9.53. The van der Waals surface area contributed by atoms with E-state index in [2.05, 4.69) is 25.4 Å². The van der Waals surface area contributed by atoms with Crippen molar-refractivity contribution in [2.75, 3.05) is 26.2 Å². The second-order valence-corrected chi connectivity index (χ2v) is 8.71. The van der Waals surface area contributed by atoms with E-state index in [1.807, 2.05) is 6.07 Å². The zero-order valence-corrected chi connectivity index (χ0v) is 20.0. The molecule has 0 atom stereocenters. The molecule has 0 aliphatic carbocycles. The number of nitrogens with one attached hydrogen (secondary N) is 2. The van der Waals surface area contributed by atoms with Crippen LogP contribution in [0.25, 0.3) is 11.4 Å². The van der Waals surface area contributed by atoms with Crippen molar-refractivity contribution in [3.8, 4) is 17.4 Å². The largest absolute Gasteiger partial charge is 0.462 e. The lowest BCUT2D eigenvalue weighted by Gasteiger charge is -2.38. The van der Waals surface area contributed by atoms with E-state index in [9.17, 15) is 18.4 Å². The lowest BCUT2D eigenvalue weighted by atomic mass is 10.1. The maximum absolute atomic E-state index is 13.1. The van der Waals surface area contributed by atoms with Gasteiger partial charge in [0.2, 0.25) is 0 Å². The summed E-state index contributed by atoms with van der Waals surface area (Å²) in [7, 11) is 1.74. The van der Waals surface area contributed by atoms with Gasteiger partial charge in [-0.2, -0.15) is 15.1 Å². The Kier molecular flexibility index (Phi) is 6.66. The monoisotopic (exact) mass is 487 g/mol. The molecule has 4 rings (SSSR count). The molecule has 0 radical (unpaired) electrons. The zero-order chi connectivity index (χ0) is 25.3. The number of pyridine rings is 1. The van der Waals surface area contributed by atoms with Crippen LogP contribution in [0, 0.1) is 20.8 Å². The molecule has 0 saturated carbocycles. The van der Waals surface area contributed by atoms with Gasteiger partial charge in [-0.1, -0.05) is 0 Å². The summed E-state index contributed by atoms with van der Waals surface area (Å²) in [6.45, 7) is 5.08. The van der Waals surface area contributed by atoms with Gasteiger partial charge < -0.3 is 15.0 Å². The van der Waals surface area contributed by atoms with Gasteiger partial charge in [0.05, 0.1) is 24.5 Å². The fraction of sp³-hybridized carbons (Fsp3) is 0.435. The van der Waals surface area contributed by atoms with Crippen molar-refractivity contribution in [2.45, 2.75) is 33.2 Å². The number of likely N-dealkylation sites (tertiary alicyclic amines) is 1. The summed E-state index contributed by atoms with van der Waals surface area (Å²) in [5, 5.41) is 6.91. The van der Waals surface area contributed by atoms with Gasteiger partial charge in [0, 0.05) is 43.2 Å². The highest BCUT2D eigenvalue weighted by Crippen LogP contribution is 2.27. The van der Waals surface area contributed by atoms with Crippen LogP contribution in [0.1, 0.15) is 32.9 Å². The number of aryl methyl sites for hydroxylation is 3. The van der Waals surface area contributed by atoms with Crippen molar-refractivity contribution in [3.05, 3.63) is 56.8 Å². The fourth-order valence-electron chi connectivity index (χ4n) is 4.02. The van der Waals surface area contributed by atoms with Gasteiger partial charge in [-0.3, -0.25) is 19.2 Å². The summed E-state index contributed by atoms with van der Waals surface area (Å²) in [6, 6.07) is 3.53. The smallest absolute Gasteiger partial charge is 0.317 e. The predicted molar refractivity (Wildman–Crippen MR) is 124 cm³/mol. The summed E-state index contributed by atoms with van der Waals surface area (Å²) < 4.78 is 33.4. The molecule has 0 aromatic carbocycles. The molecular weight excluding hydrogens is 460 g/mol. The number of halogens is 2. The van der Waals surface area contributed by atoms with Crippen LogP contribution < -0.4 is 15.6 Å². The van der Waals surface area contributed by atoms with Crippen LogP contribution in [0.4, 0.5) is 8.78 Å². The first-order chi connectivity index (χ1) is 16.5. The van der Waals surface area contributed by atoms with E-state index in [0.717, 1.165) is 11.3 Å². The van der Waals surface area contributed by atoms with E-state index in [1.165, 1.54) is 0 Å². The molecular formula is C23H27F2N7O3. The molecule has 0 spiro atoms. The van der Waals surface area contributed by atoms with Crippen LogP contribution in [0.15, 0.2) is 23.1 Å². The highest BCUT2D eigenvalue weighted by Gasteiger charge is 2.43. The number of amides is 1. The predicted octanol–water partition coefficient (Wildman–Crippen LogP) is 1.75. The second-order valence-electron chi connectivity index (χ2n) is 8.71. The van der Waals surface area contributed by atoms with E-state index in [0.29, 0.717) is 22.5 Å². The van der Waals surface area contributed by atoms with E-state index < -0.39 is 11.8 Å². The molecule has 4 heterocycles. The van der Waals surface area contributed by atoms with Crippen LogP contribution in [0.5, 0.6) is 6.01 Å². The van der Waals surface area contributed by atoms with Gasteiger partial charge in [-0.15, -0.1) is 0 Å². The van der Waals surface area contributed by atoms with Crippen molar-refractivity contribution in [1.82, 2.24) is 34.9 Å². The number of aromatic amines is 1. The molecule has 1 aliphatic rings.